The van der Waals surface area contributed by atoms with Gasteiger partial charge in [0.25, 0.3) is 0 Å². The number of ether oxygens (including phenoxy) is 3. The Labute approximate surface area is 203 Å². The number of allylic oxidation sites excluding steroid dienone is 1. The summed E-state index contributed by atoms with van der Waals surface area (Å²) in [6.45, 7) is 2.77. The first-order chi connectivity index (χ1) is 16.5. The van der Waals surface area contributed by atoms with Gasteiger partial charge < -0.3 is 19.9 Å². The molecule has 0 bridgehead atoms. The van der Waals surface area contributed by atoms with Gasteiger partial charge in [0.05, 0.1) is 18.1 Å². The highest BCUT2D eigenvalue weighted by Crippen LogP contribution is 2.43. The number of nitrogens with zero attached hydrogens (tertiary/aromatic N) is 1. The van der Waals surface area contributed by atoms with Crippen LogP contribution >= 0.6 is 11.6 Å². The summed E-state index contributed by atoms with van der Waals surface area (Å²) in [6.07, 6.45) is 2.04. The fourth-order valence-electron chi connectivity index (χ4n) is 3.71. The quantitative estimate of drug-likeness (QED) is 0.258. The third-order valence-corrected chi connectivity index (χ3v) is 5.68. The van der Waals surface area contributed by atoms with Crippen LogP contribution < -0.4 is 19.9 Å². The van der Waals surface area contributed by atoms with Crippen molar-refractivity contribution < 1.29 is 19.0 Å². The van der Waals surface area contributed by atoms with E-state index in [0.29, 0.717) is 28.5 Å². The molecular weight excluding hydrogens is 452 g/mol. The average molecular weight is 475 g/mol. The van der Waals surface area contributed by atoms with E-state index >= 15 is 0 Å². The first-order valence-electron chi connectivity index (χ1n) is 10.9. The average Bonchev–Trinajstić information content (AvgIpc) is 2.84. The molecule has 0 radical (unpaired) electrons. The highest BCUT2D eigenvalue weighted by Gasteiger charge is 2.31. The van der Waals surface area contributed by atoms with Crippen LogP contribution in [0.15, 0.2) is 78.2 Å². The number of rotatable bonds is 7. The van der Waals surface area contributed by atoms with E-state index in [2.05, 4.69) is 13.0 Å². The first-order valence-corrected chi connectivity index (χ1v) is 11.3. The number of carbonyl (C=O) groups is 1. The fourth-order valence-corrected chi connectivity index (χ4v) is 3.90. The number of hydrogen-bond acceptors (Lipinski definition) is 6. The molecule has 6 nitrogen and oxygen atoms in total. The van der Waals surface area contributed by atoms with Crippen LogP contribution in [0.4, 0.5) is 0 Å². The molecular formula is C27H23ClN2O4. The van der Waals surface area contributed by atoms with E-state index in [4.69, 9.17) is 31.5 Å². The van der Waals surface area contributed by atoms with Crippen LogP contribution in [0.2, 0.25) is 5.02 Å². The maximum Gasteiger partial charge on any atom is 0.343 e. The normalized spacial score (nSPS) is 14.6. The van der Waals surface area contributed by atoms with Crippen LogP contribution in [0, 0.1) is 11.3 Å². The third kappa shape index (κ3) is 5.00. The van der Waals surface area contributed by atoms with Crippen molar-refractivity contribution in [2.75, 3.05) is 6.61 Å². The van der Waals surface area contributed by atoms with Crippen molar-refractivity contribution in [3.8, 4) is 23.3 Å². The molecule has 0 spiro atoms. The molecule has 1 heterocycles. The summed E-state index contributed by atoms with van der Waals surface area (Å²) in [5.41, 5.74) is 8.35. The number of esters is 1. The van der Waals surface area contributed by atoms with Crippen LogP contribution in [-0.2, 0) is 0 Å². The number of nitriles is 1. The first kappa shape index (κ1) is 23.2. The molecule has 3 aromatic rings. The molecule has 0 amide bonds. The maximum atomic E-state index is 12.5. The molecule has 1 atom stereocenters. The predicted octanol–water partition coefficient (Wildman–Crippen LogP) is 5.96. The molecule has 1 aliphatic rings. The molecule has 1 aliphatic heterocycles. The Morgan fingerprint density at radius 1 is 1.12 bits per heavy atom. The van der Waals surface area contributed by atoms with Crippen molar-refractivity contribution in [3.05, 3.63) is 99.9 Å². The van der Waals surface area contributed by atoms with Crippen molar-refractivity contribution in [2.45, 2.75) is 25.7 Å². The SMILES string of the molecule is CCCCOc1ccc(C2C(C#N)=C(N)Oc3cc(OC(=O)c4cccc(Cl)c4)ccc32)cc1. The summed E-state index contributed by atoms with van der Waals surface area (Å²) in [5.74, 6) is 0.521. The minimum absolute atomic E-state index is 0.0154. The summed E-state index contributed by atoms with van der Waals surface area (Å²) < 4.78 is 17.0. The van der Waals surface area contributed by atoms with Gasteiger partial charge in [-0.15, -0.1) is 0 Å². The molecule has 1 unspecified atom stereocenters. The van der Waals surface area contributed by atoms with Crippen LogP contribution in [0.1, 0.15) is 47.2 Å². The molecule has 0 saturated heterocycles. The number of carbonyl (C=O) groups excluding carboxylic acids is 1. The second-order valence-corrected chi connectivity index (χ2v) is 8.23. The second kappa shape index (κ2) is 10.3. The van der Waals surface area contributed by atoms with E-state index < -0.39 is 11.9 Å². The molecule has 0 aromatic heterocycles. The summed E-state index contributed by atoms with van der Waals surface area (Å²) in [5, 5.41) is 10.2. The van der Waals surface area contributed by atoms with E-state index in [1.165, 1.54) is 6.07 Å². The van der Waals surface area contributed by atoms with Gasteiger partial charge in [-0.05, 0) is 48.4 Å². The largest absolute Gasteiger partial charge is 0.494 e. The molecule has 172 valence electrons. The highest BCUT2D eigenvalue weighted by molar-refractivity contribution is 6.30. The smallest absolute Gasteiger partial charge is 0.343 e. The predicted molar refractivity (Wildman–Crippen MR) is 129 cm³/mol. The standard InChI is InChI=1S/C27H23ClN2O4/c1-2-3-13-32-20-9-7-17(8-10-20)25-22-12-11-21(15-24(22)34-26(30)23(25)16-29)33-27(31)18-5-4-6-19(28)14-18/h4-12,14-15,25H,2-3,13,30H2,1H3. The number of hydrogen-bond donors (Lipinski definition) is 1. The Balaban J connectivity index is 1.61. The van der Waals surface area contributed by atoms with Gasteiger partial charge in [-0.1, -0.05) is 49.2 Å². The molecule has 0 aliphatic carbocycles. The van der Waals surface area contributed by atoms with Crippen molar-refractivity contribution in [3.63, 3.8) is 0 Å². The van der Waals surface area contributed by atoms with E-state index in [0.717, 1.165) is 29.7 Å². The van der Waals surface area contributed by atoms with Gasteiger partial charge in [0.2, 0.25) is 5.88 Å². The lowest BCUT2D eigenvalue weighted by molar-refractivity contribution is 0.0734. The molecule has 4 rings (SSSR count). The summed E-state index contributed by atoms with van der Waals surface area (Å²) in [4.78, 5) is 12.5. The zero-order valence-electron chi connectivity index (χ0n) is 18.6. The van der Waals surface area contributed by atoms with Gasteiger partial charge in [0.1, 0.15) is 28.9 Å². The molecule has 3 aromatic carbocycles. The van der Waals surface area contributed by atoms with E-state index in [1.807, 2.05) is 24.3 Å². The third-order valence-electron chi connectivity index (χ3n) is 5.44. The van der Waals surface area contributed by atoms with E-state index in [9.17, 15) is 10.1 Å². The molecule has 0 saturated carbocycles. The van der Waals surface area contributed by atoms with Gasteiger partial charge in [-0.3, -0.25) is 0 Å². The minimum Gasteiger partial charge on any atom is -0.494 e. The summed E-state index contributed by atoms with van der Waals surface area (Å²) >= 11 is 5.96. The van der Waals surface area contributed by atoms with E-state index in [-0.39, 0.29) is 11.6 Å². The Morgan fingerprint density at radius 2 is 1.88 bits per heavy atom. The van der Waals surface area contributed by atoms with E-state index in [1.54, 1.807) is 36.4 Å². The van der Waals surface area contributed by atoms with Gasteiger partial charge in [0, 0.05) is 16.7 Å². The molecule has 7 heteroatoms. The molecule has 2 N–H and O–H groups in total. The number of nitrogens with two attached hydrogens (primary N) is 1. The van der Waals surface area contributed by atoms with Gasteiger partial charge >= 0.3 is 5.97 Å². The monoisotopic (exact) mass is 474 g/mol. The highest BCUT2D eigenvalue weighted by atomic mass is 35.5. The zero-order valence-corrected chi connectivity index (χ0v) is 19.3. The number of benzene rings is 3. The topological polar surface area (TPSA) is 94.6 Å². The van der Waals surface area contributed by atoms with Crippen molar-refractivity contribution >= 4 is 17.6 Å². The van der Waals surface area contributed by atoms with Crippen molar-refractivity contribution in [1.82, 2.24) is 0 Å². The van der Waals surface area contributed by atoms with Crippen LogP contribution in [0.5, 0.6) is 17.2 Å². The van der Waals surface area contributed by atoms with Crippen LogP contribution in [0.3, 0.4) is 0 Å². The number of fused-ring (bicyclic) bond motifs is 1. The zero-order chi connectivity index (χ0) is 24.1. The maximum absolute atomic E-state index is 12.5. The Hall–Kier alpha value is -3.95. The molecule has 34 heavy (non-hydrogen) atoms. The number of unbranched alkanes of at least 4 members (excludes halogenated alkanes) is 1. The Kier molecular flexibility index (Phi) is 7.05. The van der Waals surface area contributed by atoms with Gasteiger partial charge in [-0.2, -0.15) is 5.26 Å². The minimum atomic E-state index is -0.547. The van der Waals surface area contributed by atoms with Gasteiger partial charge in [0.15, 0.2) is 0 Å². The lowest BCUT2D eigenvalue weighted by atomic mass is 9.83. The second-order valence-electron chi connectivity index (χ2n) is 7.80. The number of halogens is 1. The lowest BCUT2D eigenvalue weighted by Gasteiger charge is -2.26. The Morgan fingerprint density at radius 3 is 2.59 bits per heavy atom. The van der Waals surface area contributed by atoms with Crippen molar-refractivity contribution in [1.29, 1.82) is 5.26 Å². The van der Waals surface area contributed by atoms with Crippen LogP contribution in [-0.4, -0.2) is 12.6 Å². The lowest BCUT2D eigenvalue weighted by Crippen LogP contribution is -2.21. The fraction of sp³-hybridized carbons (Fsp3) is 0.185. The summed E-state index contributed by atoms with van der Waals surface area (Å²) in [7, 11) is 0. The van der Waals surface area contributed by atoms with Crippen LogP contribution in [0.25, 0.3) is 0 Å². The van der Waals surface area contributed by atoms with Crippen molar-refractivity contribution in [2.24, 2.45) is 5.73 Å². The summed E-state index contributed by atoms with van der Waals surface area (Å²) in [6, 6.07) is 21.3. The van der Waals surface area contributed by atoms with Gasteiger partial charge in [-0.25, -0.2) is 4.79 Å². The Bertz CT molecular complexity index is 1280. The molecule has 0 fully saturated rings.